The van der Waals surface area contributed by atoms with E-state index in [1.54, 1.807) is 0 Å². The number of hydrogen-bond acceptors (Lipinski definition) is 5. The molecule has 0 atom stereocenters. The van der Waals surface area contributed by atoms with Crippen LogP contribution >= 0.6 is 12.2 Å². The Balaban J connectivity index is 1.21. The van der Waals surface area contributed by atoms with Gasteiger partial charge in [0.25, 0.3) is 0 Å². The first-order chi connectivity index (χ1) is 19.7. The van der Waals surface area contributed by atoms with Crippen molar-refractivity contribution in [2.24, 2.45) is 0 Å². The number of anilines is 1. The summed E-state index contributed by atoms with van der Waals surface area (Å²) in [5.74, 6) is 0.186. The van der Waals surface area contributed by atoms with Gasteiger partial charge in [0.2, 0.25) is 0 Å². The molecule has 2 amide bonds. The van der Waals surface area contributed by atoms with Gasteiger partial charge in [-0.1, -0.05) is 43.3 Å². The quantitative estimate of drug-likeness (QED) is 0.148. The second kappa shape index (κ2) is 13.8. The van der Waals surface area contributed by atoms with Crippen LogP contribution in [0.2, 0.25) is 0 Å². The van der Waals surface area contributed by atoms with Gasteiger partial charge in [-0.05, 0) is 85.4 Å². The number of benzene rings is 3. The van der Waals surface area contributed by atoms with Crippen LogP contribution in [0.25, 0.3) is 17.1 Å². The monoisotopic (exact) mass is 582 g/mol. The van der Waals surface area contributed by atoms with Gasteiger partial charge in [-0.3, -0.25) is 5.32 Å². The van der Waals surface area contributed by atoms with E-state index in [0.717, 1.165) is 48.1 Å². The minimum atomic E-state index is -4.74. The van der Waals surface area contributed by atoms with Crippen LogP contribution in [-0.4, -0.2) is 38.8 Å². The standard InChI is InChI=1S/C29H29F3N6O2S/c1-2-21-10-3-4-12-25(21)35-28(41)36-27(39)33-17-6-5-8-20-9-7-11-22(18-20)26-34-19-38(37-26)23-13-15-24(16-14-23)40-29(30,31)32/h3-4,7,9-16,18-19H,2,5-6,8,17H2,1H3,(H3,33,35,36,39,41). The zero-order valence-corrected chi connectivity index (χ0v) is 23.1. The summed E-state index contributed by atoms with van der Waals surface area (Å²) in [5.41, 5.74) is 4.45. The van der Waals surface area contributed by atoms with E-state index in [1.807, 2.05) is 48.5 Å². The number of urea groups is 1. The van der Waals surface area contributed by atoms with E-state index in [0.29, 0.717) is 18.1 Å². The zero-order chi connectivity index (χ0) is 29.2. The number of carbonyl (C=O) groups is 1. The zero-order valence-electron chi connectivity index (χ0n) is 22.2. The molecule has 3 N–H and O–H groups in total. The van der Waals surface area contributed by atoms with Crippen molar-refractivity contribution in [3.8, 4) is 22.8 Å². The summed E-state index contributed by atoms with van der Waals surface area (Å²) in [7, 11) is 0. The van der Waals surface area contributed by atoms with E-state index in [1.165, 1.54) is 35.3 Å². The van der Waals surface area contributed by atoms with Crippen molar-refractivity contribution < 1.29 is 22.7 Å². The van der Waals surface area contributed by atoms with Gasteiger partial charge in [-0.15, -0.1) is 18.3 Å². The lowest BCUT2D eigenvalue weighted by Crippen LogP contribution is -2.42. The first-order valence-corrected chi connectivity index (χ1v) is 13.4. The molecule has 8 nitrogen and oxygen atoms in total. The van der Waals surface area contributed by atoms with E-state index < -0.39 is 6.36 Å². The number of alkyl halides is 3. The summed E-state index contributed by atoms with van der Waals surface area (Å²) < 4.78 is 42.5. The number of ether oxygens (including phenoxy) is 1. The van der Waals surface area contributed by atoms with Gasteiger partial charge in [-0.25, -0.2) is 14.5 Å². The lowest BCUT2D eigenvalue weighted by atomic mass is 10.0. The summed E-state index contributed by atoms with van der Waals surface area (Å²) in [6, 6.07) is 20.6. The van der Waals surface area contributed by atoms with E-state index in [4.69, 9.17) is 12.2 Å². The third kappa shape index (κ3) is 9.04. The van der Waals surface area contributed by atoms with Crippen molar-refractivity contribution in [3.05, 3.63) is 90.3 Å². The maximum Gasteiger partial charge on any atom is 0.573 e. The number of carbonyl (C=O) groups excluding carboxylic acids is 1. The van der Waals surface area contributed by atoms with Gasteiger partial charge in [0.15, 0.2) is 10.9 Å². The highest BCUT2D eigenvalue weighted by Gasteiger charge is 2.31. The van der Waals surface area contributed by atoms with Crippen LogP contribution in [0.4, 0.5) is 23.7 Å². The Hall–Kier alpha value is -4.45. The number of thiocarbonyl (C=S) groups is 1. The smallest absolute Gasteiger partial charge is 0.406 e. The molecule has 1 heterocycles. The number of rotatable bonds is 10. The summed E-state index contributed by atoms with van der Waals surface area (Å²) in [6.07, 6.45) is 0.0318. The number of aryl methyl sites for hydroxylation is 2. The molecule has 0 saturated heterocycles. The maximum atomic E-state index is 12.4. The number of nitrogens with zero attached hydrogens (tertiary/aromatic N) is 3. The van der Waals surface area contributed by atoms with Crippen molar-refractivity contribution in [2.75, 3.05) is 11.9 Å². The van der Waals surface area contributed by atoms with Crippen molar-refractivity contribution >= 4 is 29.0 Å². The van der Waals surface area contributed by atoms with Gasteiger partial charge >= 0.3 is 12.4 Å². The van der Waals surface area contributed by atoms with Gasteiger partial charge < -0.3 is 15.4 Å². The van der Waals surface area contributed by atoms with E-state index in [9.17, 15) is 18.0 Å². The molecule has 4 aromatic rings. The fourth-order valence-electron chi connectivity index (χ4n) is 4.09. The van der Waals surface area contributed by atoms with Crippen molar-refractivity contribution in [1.29, 1.82) is 0 Å². The highest BCUT2D eigenvalue weighted by Crippen LogP contribution is 2.24. The lowest BCUT2D eigenvalue weighted by Gasteiger charge is -2.13. The molecule has 0 radical (unpaired) electrons. The van der Waals surface area contributed by atoms with Crippen molar-refractivity contribution in [2.45, 2.75) is 39.0 Å². The first kappa shape index (κ1) is 29.5. The average molecular weight is 583 g/mol. The minimum absolute atomic E-state index is 0.240. The summed E-state index contributed by atoms with van der Waals surface area (Å²) in [6.45, 7) is 2.55. The predicted molar refractivity (Wildman–Crippen MR) is 155 cm³/mol. The maximum absolute atomic E-state index is 12.4. The Kier molecular flexibility index (Phi) is 9.91. The SMILES string of the molecule is CCc1ccccc1NC(=S)NC(=O)NCCCCc1cccc(-c2ncn(-c3ccc(OC(F)(F)F)cc3)n2)c1. The second-order valence-corrected chi connectivity index (χ2v) is 9.47. The van der Waals surface area contributed by atoms with Crippen LogP contribution in [0.5, 0.6) is 5.75 Å². The van der Waals surface area contributed by atoms with Crippen LogP contribution in [0.3, 0.4) is 0 Å². The molecule has 0 spiro atoms. The van der Waals surface area contributed by atoms with Crippen molar-refractivity contribution in [1.82, 2.24) is 25.4 Å². The molecule has 41 heavy (non-hydrogen) atoms. The van der Waals surface area contributed by atoms with Gasteiger partial charge in [0, 0.05) is 17.8 Å². The van der Waals surface area contributed by atoms with Gasteiger partial charge in [-0.2, -0.15) is 0 Å². The van der Waals surface area contributed by atoms with Crippen LogP contribution in [-0.2, 0) is 12.8 Å². The summed E-state index contributed by atoms with van der Waals surface area (Å²) in [5, 5.41) is 13.2. The molecule has 0 unspecified atom stereocenters. The number of halogens is 3. The van der Waals surface area contributed by atoms with E-state index >= 15 is 0 Å². The molecular formula is C29H29F3N6O2S. The normalized spacial score (nSPS) is 11.1. The summed E-state index contributed by atoms with van der Waals surface area (Å²) >= 11 is 5.25. The third-order valence-electron chi connectivity index (χ3n) is 6.06. The number of para-hydroxylation sites is 1. The molecule has 0 saturated carbocycles. The highest BCUT2D eigenvalue weighted by molar-refractivity contribution is 7.80. The first-order valence-electron chi connectivity index (χ1n) is 13.0. The fraction of sp³-hybridized carbons (Fsp3) is 0.241. The molecule has 0 bridgehead atoms. The molecule has 4 rings (SSSR count). The number of amides is 2. The molecule has 0 aliphatic heterocycles. The molecule has 0 aliphatic rings. The number of unbranched alkanes of at least 4 members (excludes halogenated alkanes) is 1. The molecule has 12 heteroatoms. The van der Waals surface area contributed by atoms with Gasteiger partial charge in [0.05, 0.1) is 5.69 Å². The van der Waals surface area contributed by atoms with Crippen LogP contribution in [0.1, 0.15) is 30.9 Å². The average Bonchev–Trinajstić information content (AvgIpc) is 3.43. The molecule has 0 aliphatic carbocycles. The molecular weight excluding hydrogens is 553 g/mol. The van der Waals surface area contributed by atoms with E-state index in [-0.39, 0.29) is 16.9 Å². The highest BCUT2D eigenvalue weighted by atomic mass is 32.1. The largest absolute Gasteiger partial charge is 0.573 e. The lowest BCUT2D eigenvalue weighted by molar-refractivity contribution is -0.274. The van der Waals surface area contributed by atoms with Crippen molar-refractivity contribution in [3.63, 3.8) is 0 Å². The topological polar surface area (TPSA) is 93.1 Å². The Bertz CT molecular complexity index is 1470. The third-order valence-corrected chi connectivity index (χ3v) is 6.27. The Morgan fingerprint density at radius 2 is 1.80 bits per heavy atom. The molecule has 3 aromatic carbocycles. The molecule has 1 aromatic heterocycles. The number of nitrogens with one attached hydrogen (secondary N) is 3. The van der Waals surface area contributed by atoms with Crippen LogP contribution in [0.15, 0.2) is 79.1 Å². The molecule has 0 fully saturated rings. The van der Waals surface area contributed by atoms with E-state index in [2.05, 4.69) is 37.7 Å². The summed E-state index contributed by atoms with van der Waals surface area (Å²) in [4.78, 5) is 16.5. The molecule has 214 valence electrons. The number of hydrogen-bond donors (Lipinski definition) is 3. The Morgan fingerprint density at radius 1 is 1.02 bits per heavy atom. The van der Waals surface area contributed by atoms with Crippen LogP contribution < -0.4 is 20.7 Å². The Morgan fingerprint density at radius 3 is 2.56 bits per heavy atom. The fourth-order valence-corrected chi connectivity index (χ4v) is 4.30. The van der Waals surface area contributed by atoms with Gasteiger partial charge in [0.1, 0.15) is 12.1 Å². The number of aromatic nitrogens is 3. The minimum Gasteiger partial charge on any atom is -0.406 e. The Labute approximate surface area is 240 Å². The second-order valence-electron chi connectivity index (χ2n) is 9.06. The van der Waals surface area contributed by atoms with Crippen LogP contribution in [0, 0.1) is 0 Å². The predicted octanol–water partition coefficient (Wildman–Crippen LogP) is 6.41.